The summed E-state index contributed by atoms with van der Waals surface area (Å²) in [5.74, 6) is 1.08. The number of carbonyl (C=O) groups excluding carboxylic acids is 1. The van der Waals surface area contributed by atoms with Gasteiger partial charge in [0.25, 0.3) is 0 Å². The van der Waals surface area contributed by atoms with Crippen LogP contribution in [0.1, 0.15) is 6.42 Å². The van der Waals surface area contributed by atoms with Gasteiger partial charge in [-0.25, -0.2) is 0 Å². The lowest BCUT2D eigenvalue weighted by Gasteiger charge is -2.10. The number of esters is 1. The van der Waals surface area contributed by atoms with Crippen LogP contribution in [0.15, 0.2) is 18.2 Å². The minimum absolute atomic E-state index is 0.238. The normalized spacial score (nSPS) is 9.59. The highest BCUT2D eigenvalue weighted by Gasteiger charge is 2.05. The highest BCUT2D eigenvalue weighted by atomic mass is 16.5. The smallest absolute Gasteiger partial charge is 0.307 e. The van der Waals surface area contributed by atoms with Crippen molar-refractivity contribution in [2.75, 3.05) is 33.2 Å². The average Bonchev–Trinajstić information content (AvgIpc) is 2.38. The van der Waals surface area contributed by atoms with Gasteiger partial charge in [-0.2, -0.15) is 0 Å². The van der Waals surface area contributed by atoms with Crippen molar-refractivity contribution >= 4 is 11.7 Å². The molecular formula is C12H17NO4. The van der Waals surface area contributed by atoms with E-state index < -0.39 is 0 Å². The number of nitrogens with one attached hydrogen (secondary N) is 1. The second-order valence-corrected chi connectivity index (χ2v) is 3.32. The highest BCUT2D eigenvalue weighted by molar-refractivity contribution is 5.70. The van der Waals surface area contributed by atoms with E-state index in [1.165, 1.54) is 7.11 Å². The SMILES string of the molecule is COC(=O)CCNc1ccc(OC)c(OC)c1. The lowest BCUT2D eigenvalue weighted by Crippen LogP contribution is -2.09. The van der Waals surface area contributed by atoms with E-state index in [2.05, 4.69) is 10.1 Å². The van der Waals surface area contributed by atoms with Gasteiger partial charge < -0.3 is 19.5 Å². The minimum atomic E-state index is -0.238. The Morgan fingerprint density at radius 1 is 1.18 bits per heavy atom. The van der Waals surface area contributed by atoms with Crippen molar-refractivity contribution in [1.82, 2.24) is 0 Å². The van der Waals surface area contributed by atoms with E-state index >= 15 is 0 Å². The number of hydrogen-bond donors (Lipinski definition) is 1. The molecule has 1 aromatic rings. The molecule has 0 radical (unpaired) electrons. The first-order chi connectivity index (χ1) is 8.21. The number of rotatable bonds is 6. The number of hydrogen-bond acceptors (Lipinski definition) is 5. The highest BCUT2D eigenvalue weighted by Crippen LogP contribution is 2.29. The number of benzene rings is 1. The van der Waals surface area contributed by atoms with E-state index in [4.69, 9.17) is 9.47 Å². The van der Waals surface area contributed by atoms with Gasteiger partial charge in [0.1, 0.15) is 0 Å². The van der Waals surface area contributed by atoms with Gasteiger partial charge in [-0.1, -0.05) is 0 Å². The van der Waals surface area contributed by atoms with E-state index in [1.54, 1.807) is 20.3 Å². The van der Waals surface area contributed by atoms with Crippen LogP contribution in [0, 0.1) is 0 Å². The molecule has 5 nitrogen and oxygen atoms in total. The first kappa shape index (κ1) is 13.2. The third-order valence-corrected chi connectivity index (χ3v) is 2.27. The third-order valence-electron chi connectivity index (χ3n) is 2.27. The van der Waals surface area contributed by atoms with Gasteiger partial charge in [0.2, 0.25) is 0 Å². The van der Waals surface area contributed by atoms with Crippen molar-refractivity contribution in [3.8, 4) is 11.5 Å². The van der Waals surface area contributed by atoms with Gasteiger partial charge in [0.15, 0.2) is 11.5 Å². The molecule has 5 heteroatoms. The van der Waals surface area contributed by atoms with Crippen molar-refractivity contribution in [2.24, 2.45) is 0 Å². The molecule has 0 aliphatic carbocycles. The van der Waals surface area contributed by atoms with Crippen LogP contribution < -0.4 is 14.8 Å². The molecule has 0 bridgehead atoms. The summed E-state index contributed by atoms with van der Waals surface area (Å²) in [5, 5.41) is 3.10. The molecule has 0 heterocycles. The lowest BCUT2D eigenvalue weighted by atomic mass is 10.2. The fraction of sp³-hybridized carbons (Fsp3) is 0.417. The average molecular weight is 239 g/mol. The Kier molecular flexibility index (Phi) is 5.13. The van der Waals surface area contributed by atoms with Crippen LogP contribution >= 0.6 is 0 Å². The molecule has 17 heavy (non-hydrogen) atoms. The molecule has 94 valence electrons. The Balaban J connectivity index is 2.57. The Morgan fingerprint density at radius 3 is 2.47 bits per heavy atom. The van der Waals surface area contributed by atoms with Gasteiger partial charge in [-0.15, -0.1) is 0 Å². The van der Waals surface area contributed by atoms with E-state index in [0.717, 1.165) is 5.69 Å². The predicted octanol–water partition coefficient (Wildman–Crippen LogP) is 1.68. The van der Waals surface area contributed by atoms with Crippen LogP contribution in [0.4, 0.5) is 5.69 Å². The molecule has 1 aromatic carbocycles. The second kappa shape index (κ2) is 6.62. The van der Waals surface area contributed by atoms with Crippen LogP contribution in [0.3, 0.4) is 0 Å². The van der Waals surface area contributed by atoms with E-state index in [9.17, 15) is 4.79 Å². The topological polar surface area (TPSA) is 56.8 Å². The van der Waals surface area contributed by atoms with Crippen molar-refractivity contribution in [1.29, 1.82) is 0 Å². The molecular weight excluding hydrogens is 222 g/mol. The number of carbonyl (C=O) groups is 1. The molecule has 0 aliphatic rings. The maximum absolute atomic E-state index is 10.9. The Morgan fingerprint density at radius 2 is 1.88 bits per heavy atom. The van der Waals surface area contributed by atoms with Crippen molar-refractivity contribution in [3.63, 3.8) is 0 Å². The molecule has 0 aliphatic heterocycles. The Labute approximate surface area is 101 Å². The van der Waals surface area contributed by atoms with E-state index in [-0.39, 0.29) is 5.97 Å². The molecule has 0 amide bonds. The molecule has 1 rings (SSSR count). The summed E-state index contributed by atoms with van der Waals surface area (Å²) < 4.78 is 14.8. The summed E-state index contributed by atoms with van der Waals surface area (Å²) in [6, 6.07) is 5.48. The number of ether oxygens (including phenoxy) is 3. The fourth-order valence-electron chi connectivity index (χ4n) is 1.36. The van der Waals surface area contributed by atoms with Crippen LogP contribution in [0.2, 0.25) is 0 Å². The van der Waals surface area contributed by atoms with Gasteiger partial charge in [0, 0.05) is 18.3 Å². The monoisotopic (exact) mass is 239 g/mol. The predicted molar refractivity (Wildman–Crippen MR) is 64.7 cm³/mol. The Bertz CT molecular complexity index is 379. The van der Waals surface area contributed by atoms with Crippen molar-refractivity contribution < 1.29 is 19.0 Å². The summed E-state index contributed by atoms with van der Waals surface area (Å²) in [4.78, 5) is 10.9. The maximum atomic E-state index is 10.9. The molecule has 0 atom stereocenters. The van der Waals surface area contributed by atoms with Gasteiger partial charge in [-0.3, -0.25) is 4.79 Å². The van der Waals surface area contributed by atoms with Crippen LogP contribution in [-0.4, -0.2) is 33.8 Å². The molecule has 0 saturated heterocycles. The number of methoxy groups -OCH3 is 3. The summed E-state index contributed by atoms with van der Waals surface area (Å²) in [6.45, 7) is 0.516. The standard InChI is InChI=1S/C12H17NO4/c1-15-10-5-4-9(8-11(10)16-2)13-7-6-12(14)17-3/h4-5,8,13H,6-7H2,1-3H3. The van der Waals surface area contributed by atoms with Crippen LogP contribution in [-0.2, 0) is 9.53 Å². The van der Waals surface area contributed by atoms with Crippen LogP contribution in [0.25, 0.3) is 0 Å². The minimum Gasteiger partial charge on any atom is -0.493 e. The zero-order valence-corrected chi connectivity index (χ0v) is 10.3. The van der Waals surface area contributed by atoms with Crippen LogP contribution in [0.5, 0.6) is 11.5 Å². The molecule has 0 unspecified atom stereocenters. The summed E-state index contributed by atoms with van der Waals surface area (Å²) in [5.41, 5.74) is 0.867. The van der Waals surface area contributed by atoms with E-state index in [1.807, 2.05) is 12.1 Å². The summed E-state index contributed by atoms with van der Waals surface area (Å²) >= 11 is 0. The summed E-state index contributed by atoms with van der Waals surface area (Å²) in [6.07, 6.45) is 0.324. The molecule has 0 spiro atoms. The quantitative estimate of drug-likeness (QED) is 0.765. The largest absolute Gasteiger partial charge is 0.493 e. The summed E-state index contributed by atoms with van der Waals surface area (Å²) in [7, 11) is 4.54. The van der Waals surface area contributed by atoms with Gasteiger partial charge >= 0.3 is 5.97 Å². The lowest BCUT2D eigenvalue weighted by molar-refractivity contribution is -0.140. The van der Waals surface area contributed by atoms with Crippen molar-refractivity contribution in [2.45, 2.75) is 6.42 Å². The first-order valence-electron chi connectivity index (χ1n) is 5.24. The zero-order valence-electron chi connectivity index (χ0n) is 10.3. The molecule has 0 fully saturated rings. The first-order valence-corrected chi connectivity index (χ1v) is 5.24. The van der Waals surface area contributed by atoms with Gasteiger partial charge in [-0.05, 0) is 12.1 Å². The Hall–Kier alpha value is -1.91. The maximum Gasteiger partial charge on any atom is 0.307 e. The second-order valence-electron chi connectivity index (χ2n) is 3.32. The van der Waals surface area contributed by atoms with Gasteiger partial charge in [0.05, 0.1) is 27.8 Å². The van der Waals surface area contributed by atoms with Crippen molar-refractivity contribution in [3.05, 3.63) is 18.2 Å². The third kappa shape index (κ3) is 3.86. The van der Waals surface area contributed by atoms with E-state index in [0.29, 0.717) is 24.5 Å². The zero-order chi connectivity index (χ0) is 12.7. The molecule has 1 N–H and O–H groups in total. The molecule has 0 saturated carbocycles. The fourth-order valence-corrected chi connectivity index (χ4v) is 1.36. The molecule has 0 aromatic heterocycles. The number of anilines is 1.